The van der Waals surface area contributed by atoms with Gasteiger partial charge in [0.2, 0.25) is 0 Å². The quantitative estimate of drug-likeness (QED) is 0.640. The first-order valence-corrected chi connectivity index (χ1v) is 7.05. The van der Waals surface area contributed by atoms with E-state index in [2.05, 4.69) is 15.7 Å². The highest BCUT2D eigenvalue weighted by molar-refractivity contribution is 6.54. The van der Waals surface area contributed by atoms with Crippen LogP contribution in [0, 0.1) is 0 Å². The van der Waals surface area contributed by atoms with Crippen LogP contribution in [0.3, 0.4) is 0 Å². The fourth-order valence-electron chi connectivity index (χ4n) is 3.82. The van der Waals surface area contributed by atoms with Crippen LogP contribution in [-0.2, 0) is 10.3 Å². The zero-order valence-corrected chi connectivity index (χ0v) is 12.8. The first-order valence-electron chi connectivity index (χ1n) is 6.67. The molecule has 1 unspecified atom stereocenters. The second kappa shape index (κ2) is 4.46. The molecule has 0 aliphatic heterocycles. The number of halogens is 1. The first kappa shape index (κ1) is 14.8. The molecule has 1 aromatic carbocycles. The molecule has 0 radical (unpaired) electrons. The van der Waals surface area contributed by atoms with Crippen LogP contribution in [0.5, 0.6) is 0 Å². The maximum atomic E-state index is 12.8. The van der Waals surface area contributed by atoms with Gasteiger partial charge < -0.3 is 5.73 Å². The molecule has 0 bridgehead atoms. The third kappa shape index (κ3) is 2.53. The molecule has 1 atom stereocenters. The van der Waals surface area contributed by atoms with Crippen molar-refractivity contribution in [2.45, 2.75) is 28.8 Å². The molecule has 19 heavy (non-hydrogen) atoms. The fourth-order valence-corrected chi connectivity index (χ4v) is 4.12. The van der Waals surface area contributed by atoms with Crippen LogP contribution in [0.25, 0.3) is 0 Å². The number of carbonyl (C=O) groups is 1. The van der Waals surface area contributed by atoms with Gasteiger partial charge in [0.25, 0.3) is 0 Å². The highest BCUT2D eigenvalue weighted by Crippen LogP contribution is 2.53. The standard InChI is InChI=1S/C12H18B4ClNO/c13-10(14)5-11(18,9(19)12(15,16)6-10)7-3-1-2-4-8(7)17/h1-4H,5-6,13-16,18H2. The van der Waals surface area contributed by atoms with E-state index in [0.29, 0.717) is 11.4 Å². The molecule has 0 amide bonds. The average molecular weight is 271 g/mol. The molecule has 1 aliphatic rings. The lowest BCUT2D eigenvalue weighted by atomic mass is 9.32. The van der Waals surface area contributed by atoms with Gasteiger partial charge in [0.15, 0.2) is 0 Å². The third-order valence-electron chi connectivity index (χ3n) is 4.05. The second-order valence-corrected chi connectivity index (χ2v) is 7.59. The molecule has 0 heterocycles. The lowest BCUT2D eigenvalue weighted by Crippen LogP contribution is -2.57. The average Bonchev–Trinajstić information content (AvgIpc) is 2.24. The maximum absolute atomic E-state index is 12.8. The Hall–Kier alpha value is -0.600. The van der Waals surface area contributed by atoms with Crippen molar-refractivity contribution in [2.24, 2.45) is 5.73 Å². The monoisotopic (exact) mass is 271 g/mol. The van der Waals surface area contributed by atoms with Gasteiger partial charge in [0.05, 0.1) is 15.7 Å². The van der Waals surface area contributed by atoms with Gasteiger partial charge in [-0.3, -0.25) is 4.79 Å². The Kier molecular flexibility index (Phi) is 3.47. The molecule has 2 nitrogen and oxygen atoms in total. The number of nitrogens with two attached hydrogens (primary N) is 1. The van der Waals surface area contributed by atoms with Crippen molar-refractivity contribution in [1.82, 2.24) is 0 Å². The van der Waals surface area contributed by atoms with Crippen molar-refractivity contribution in [1.29, 1.82) is 0 Å². The number of hydrogen-bond acceptors (Lipinski definition) is 2. The number of rotatable bonds is 1. The molecule has 2 rings (SSSR count). The highest BCUT2D eigenvalue weighted by atomic mass is 35.5. The Balaban J connectivity index is 2.58. The van der Waals surface area contributed by atoms with E-state index < -0.39 is 10.8 Å². The minimum atomic E-state index is -0.983. The topological polar surface area (TPSA) is 43.1 Å². The Morgan fingerprint density at radius 3 is 2.26 bits per heavy atom. The summed E-state index contributed by atoms with van der Waals surface area (Å²) in [7, 11) is 8.29. The molecule has 1 fully saturated rings. The summed E-state index contributed by atoms with van der Waals surface area (Å²) in [5, 5.41) is 0.174. The predicted molar refractivity (Wildman–Crippen MR) is 91.1 cm³/mol. The Morgan fingerprint density at radius 2 is 1.68 bits per heavy atom. The number of benzene rings is 1. The molecule has 96 valence electrons. The molecule has 1 aliphatic carbocycles. The lowest BCUT2D eigenvalue weighted by molar-refractivity contribution is -0.127. The minimum absolute atomic E-state index is 0.0192. The van der Waals surface area contributed by atoms with E-state index in [-0.39, 0.29) is 11.0 Å². The first-order chi connectivity index (χ1) is 8.58. The molecule has 7 heteroatoms. The highest BCUT2D eigenvalue weighted by Gasteiger charge is 2.53. The molecule has 0 saturated heterocycles. The summed E-state index contributed by atoms with van der Waals surface area (Å²) in [4.78, 5) is 12.8. The van der Waals surface area contributed by atoms with Gasteiger partial charge in [0, 0.05) is 5.02 Å². The predicted octanol–water partition coefficient (Wildman–Crippen LogP) is -1.38. The van der Waals surface area contributed by atoms with Gasteiger partial charge in [-0.2, -0.15) is 0 Å². The largest absolute Gasteiger partial charge is 0.315 e. The van der Waals surface area contributed by atoms with Crippen molar-refractivity contribution in [3.8, 4) is 0 Å². The van der Waals surface area contributed by atoms with Crippen LogP contribution >= 0.6 is 11.6 Å². The van der Waals surface area contributed by atoms with E-state index in [1.54, 1.807) is 6.07 Å². The molecule has 1 saturated carbocycles. The van der Waals surface area contributed by atoms with Crippen LogP contribution in [0.4, 0.5) is 0 Å². The fraction of sp³-hybridized carbons (Fsp3) is 0.417. The van der Waals surface area contributed by atoms with E-state index in [1.165, 1.54) is 0 Å². The Bertz CT molecular complexity index is 534. The zero-order valence-electron chi connectivity index (χ0n) is 12.1. The van der Waals surface area contributed by atoms with Crippen molar-refractivity contribution >= 4 is 48.8 Å². The van der Waals surface area contributed by atoms with E-state index in [9.17, 15) is 4.79 Å². The van der Waals surface area contributed by atoms with Crippen LogP contribution < -0.4 is 5.73 Å². The maximum Gasteiger partial charge on any atom is 0.147 e. The summed E-state index contributed by atoms with van der Waals surface area (Å²) in [5.41, 5.74) is 6.31. The number of hydrogen-bond donors (Lipinski definition) is 1. The number of carbonyl (C=O) groups excluding carboxylic acids is 1. The van der Waals surface area contributed by atoms with Gasteiger partial charge >= 0.3 is 0 Å². The van der Waals surface area contributed by atoms with Crippen LogP contribution in [-0.4, -0.2) is 37.2 Å². The third-order valence-corrected chi connectivity index (χ3v) is 4.38. The van der Waals surface area contributed by atoms with Gasteiger partial charge in [-0.15, -0.1) is 0 Å². The summed E-state index contributed by atoms with van der Waals surface area (Å²) in [6, 6.07) is 7.42. The summed E-state index contributed by atoms with van der Waals surface area (Å²) in [6.07, 6.45) is 1.48. The molecule has 0 spiro atoms. The minimum Gasteiger partial charge on any atom is -0.315 e. The summed E-state index contributed by atoms with van der Waals surface area (Å²) in [6.45, 7) is 0. The smallest absolute Gasteiger partial charge is 0.147 e. The van der Waals surface area contributed by atoms with Crippen molar-refractivity contribution in [3.63, 3.8) is 0 Å². The van der Waals surface area contributed by atoms with E-state index >= 15 is 0 Å². The molecule has 2 N–H and O–H groups in total. The molecular formula is C12H18B4ClNO. The normalized spacial score (nSPS) is 29.1. The van der Waals surface area contributed by atoms with Gasteiger partial charge in [-0.1, -0.05) is 41.4 Å². The summed E-state index contributed by atoms with van der Waals surface area (Å²) in [5.74, 6) is 0.0902. The lowest BCUT2D eigenvalue weighted by Gasteiger charge is -2.49. The molecule has 0 aromatic heterocycles. The molecule has 1 aromatic rings. The van der Waals surface area contributed by atoms with Crippen LogP contribution in [0.1, 0.15) is 18.4 Å². The molecular weight excluding hydrogens is 253 g/mol. The van der Waals surface area contributed by atoms with Crippen LogP contribution in [0.2, 0.25) is 15.5 Å². The van der Waals surface area contributed by atoms with E-state index in [1.807, 2.05) is 33.9 Å². The van der Waals surface area contributed by atoms with E-state index in [0.717, 1.165) is 12.0 Å². The van der Waals surface area contributed by atoms with Crippen LogP contribution in [0.15, 0.2) is 24.3 Å². The van der Waals surface area contributed by atoms with Gasteiger partial charge in [0.1, 0.15) is 27.0 Å². The van der Waals surface area contributed by atoms with Crippen molar-refractivity contribution < 1.29 is 4.79 Å². The Morgan fingerprint density at radius 1 is 1.11 bits per heavy atom. The summed E-state index contributed by atoms with van der Waals surface area (Å²) < 4.78 is 0. The Labute approximate surface area is 123 Å². The van der Waals surface area contributed by atoms with Gasteiger partial charge in [-0.25, -0.2) is 0 Å². The number of ketones is 1. The zero-order chi connectivity index (χ0) is 14.5. The van der Waals surface area contributed by atoms with E-state index in [4.69, 9.17) is 17.3 Å². The second-order valence-electron chi connectivity index (χ2n) is 7.18. The number of Topliss-reactive ketones (excluding diaryl/α,β-unsaturated/α-hetero) is 1. The summed E-state index contributed by atoms with van der Waals surface area (Å²) >= 11 is 6.27. The van der Waals surface area contributed by atoms with Crippen molar-refractivity contribution in [3.05, 3.63) is 34.9 Å². The SMILES string of the molecule is BC1(B)CC(B)(B)C(=O)C(N)(c2ccccc2Cl)C1. The van der Waals surface area contributed by atoms with Gasteiger partial charge in [-0.05, 0) is 23.3 Å². The van der Waals surface area contributed by atoms with Crippen molar-refractivity contribution in [2.75, 3.05) is 0 Å².